The monoisotopic (exact) mass is 362 g/mol. The van der Waals surface area contributed by atoms with Crippen molar-refractivity contribution in [1.82, 2.24) is 9.21 Å². The van der Waals surface area contributed by atoms with Gasteiger partial charge in [-0.2, -0.15) is 4.31 Å². The van der Waals surface area contributed by atoms with Gasteiger partial charge in [-0.3, -0.25) is 4.90 Å². The number of hydrogen-bond acceptors (Lipinski definition) is 3. The predicted octanol–water partition coefficient (Wildman–Crippen LogP) is 3.27. The SMILES string of the molecule is Cc1ccccc1S(=O)(=O)N1CC[C@@H]2[C@@H](CN2CC2CCCCC2)C1. The molecule has 4 rings (SSSR count). The molecule has 1 aliphatic carbocycles. The molecule has 0 amide bonds. The summed E-state index contributed by atoms with van der Waals surface area (Å²) in [6.45, 7) is 5.57. The van der Waals surface area contributed by atoms with Crippen LogP contribution in [0.3, 0.4) is 0 Å². The lowest BCUT2D eigenvalue weighted by Crippen LogP contribution is -2.64. The van der Waals surface area contributed by atoms with Gasteiger partial charge in [0, 0.05) is 38.1 Å². The Morgan fingerprint density at radius 2 is 1.80 bits per heavy atom. The number of likely N-dealkylation sites (tertiary alicyclic amines) is 1. The first kappa shape index (κ1) is 17.5. The minimum Gasteiger partial charge on any atom is -0.299 e. The van der Waals surface area contributed by atoms with Gasteiger partial charge in [-0.1, -0.05) is 37.5 Å². The van der Waals surface area contributed by atoms with E-state index in [4.69, 9.17) is 0 Å². The van der Waals surface area contributed by atoms with Crippen LogP contribution in [0.4, 0.5) is 0 Å². The molecule has 5 heteroatoms. The van der Waals surface area contributed by atoms with Gasteiger partial charge in [0.15, 0.2) is 0 Å². The van der Waals surface area contributed by atoms with E-state index in [9.17, 15) is 8.42 Å². The molecule has 4 nitrogen and oxygen atoms in total. The molecular formula is C20H30N2O2S. The number of hydrogen-bond donors (Lipinski definition) is 0. The maximum atomic E-state index is 13.0. The first-order valence-corrected chi connectivity index (χ1v) is 11.3. The molecule has 3 aliphatic rings. The largest absolute Gasteiger partial charge is 0.299 e. The fraction of sp³-hybridized carbons (Fsp3) is 0.700. The molecule has 25 heavy (non-hydrogen) atoms. The van der Waals surface area contributed by atoms with Gasteiger partial charge in [0.2, 0.25) is 10.0 Å². The van der Waals surface area contributed by atoms with Gasteiger partial charge in [0.25, 0.3) is 0 Å². The highest BCUT2D eigenvalue weighted by Crippen LogP contribution is 2.37. The van der Waals surface area contributed by atoms with Crippen molar-refractivity contribution in [1.29, 1.82) is 0 Å². The summed E-state index contributed by atoms with van der Waals surface area (Å²) >= 11 is 0. The Balaban J connectivity index is 1.38. The highest BCUT2D eigenvalue weighted by Gasteiger charge is 2.45. The van der Waals surface area contributed by atoms with Crippen molar-refractivity contribution in [3.63, 3.8) is 0 Å². The van der Waals surface area contributed by atoms with Crippen LogP contribution in [0.25, 0.3) is 0 Å². The van der Waals surface area contributed by atoms with Gasteiger partial charge in [0.05, 0.1) is 4.90 Å². The second kappa shape index (κ2) is 7.01. The third-order valence-corrected chi connectivity index (χ3v) is 8.55. The van der Waals surface area contributed by atoms with Gasteiger partial charge >= 0.3 is 0 Å². The fourth-order valence-corrected chi connectivity index (χ4v) is 6.80. The highest BCUT2D eigenvalue weighted by molar-refractivity contribution is 7.89. The Hall–Kier alpha value is -0.910. The van der Waals surface area contributed by atoms with Crippen LogP contribution in [0.5, 0.6) is 0 Å². The number of piperidine rings is 1. The molecule has 2 saturated heterocycles. The molecule has 1 aromatic rings. The Kier molecular flexibility index (Phi) is 4.91. The summed E-state index contributed by atoms with van der Waals surface area (Å²) < 4.78 is 27.7. The van der Waals surface area contributed by atoms with Crippen molar-refractivity contribution in [2.24, 2.45) is 11.8 Å². The third kappa shape index (κ3) is 3.38. The van der Waals surface area contributed by atoms with Crippen LogP contribution >= 0.6 is 0 Å². The Morgan fingerprint density at radius 3 is 2.52 bits per heavy atom. The lowest BCUT2D eigenvalue weighted by Gasteiger charge is -2.54. The first-order valence-electron chi connectivity index (χ1n) is 9.85. The summed E-state index contributed by atoms with van der Waals surface area (Å²) in [6, 6.07) is 7.96. The average molecular weight is 363 g/mol. The van der Waals surface area contributed by atoms with Crippen LogP contribution in [-0.2, 0) is 10.0 Å². The first-order chi connectivity index (χ1) is 12.1. The number of sulfonamides is 1. The molecule has 2 aliphatic heterocycles. The van der Waals surface area contributed by atoms with E-state index in [1.807, 2.05) is 25.1 Å². The molecule has 1 saturated carbocycles. The topological polar surface area (TPSA) is 40.6 Å². The molecule has 138 valence electrons. The van der Waals surface area contributed by atoms with Crippen molar-refractivity contribution >= 4 is 10.0 Å². The quantitative estimate of drug-likeness (QED) is 0.825. The van der Waals surface area contributed by atoms with Crippen LogP contribution in [-0.4, -0.2) is 49.8 Å². The van der Waals surface area contributed by atoms with Gasteiger partial charge in [-0.25, -0.2) is 8.42 Å². The van der Waals surface area contributed by atoms with Crippen molar-refractivity contribution < 1.29 is 8.42 Å². The molecule has 2 atom stereocenters. The summed E-state index contributed by atoms with van der Waals surface area (Å²) in [5, 5.41) is 0. The maximum absolute atomic E-state index is 13.0. The van der Waals surface area contributed by atoms with Crippen molar-refractivity contribution in [3.05, 3.63) is 29.8 Å². The minimum absolute atomic E-state index is 0.479. The number of fused-ring (bicyclic) bond motifs is 1. The zero-order valence-corrected chi connectivity index (χ0v) is 16.0. The molecule has 1 aromatic carbocycles. The van der Waals surface area contributed by atoms with Gasteiger partial charge in [0.1, 0.15) is 0 Å². The zero-order valence-electron chi connectivity index (χ0n) is 15.2. The van der Waals surface area contributed by atoms with Gasteiger partial charge < -0.3 is 0 Å². The van der Waals surface area contributed by atoms with E-state index in [2.05, 4.69) is 4.90 Å². The highest BCUT2D eigenvalue weighted by atomic mass is 32.2. The van der Waals surface area contributed by atoms with E-state index < -0.39 is 10.0 Å². The Morgan fingerprint density at radius 1 is 1.04 bits per heavy atom. The van der Waals surface area contributed by atoms with Crippen molar-refractivity contribution in [2.45, 2.75) is 56.4 Å². The van der Waals surface area contributed by atoms with Crippen molar-refractivity contribution in [2.75, 3.05) is 26.2 Å². The summed E-state index contributed by atoms with van der Waals surface area (Å²) in [7, 11) is -3.35. The van der Waals surface area contributed by atoms with Crippen LogP contribution in [0.1, 0.15) is 44.1 Å². The average Bonchev–Trinajstić information content (AvgIpc) is 2.60. The molecule has 0 radical (unpaired) electrons. The molecule has 0 unspecified atom stereocenters. The minimum atomic E-state index is -3.35. The molecule has 0 aromatic heterocycles. The molecule has 2 heterocycles. The summed E-state index contributed by atoms with van der Waals surface area (Å²) in [4.78, 5) is 3.12. The van der Waals surface area contributed by atoms with E-state index in [0.29, 0.717) is 29.9 Å². The number of aryl methyl sites for hydroxylation is 1. The summed E-state index contributed by atoms with van der Waals surface area (Å²) in [5.41, 5.74) is 0.845. The van der Waals surface area contributed by atoms with Crippen LogP contribution < -0.4 is 0 Å². The smallest absolute Gasteiger partial charge is 0.243 e. The standard InChI is InChI=1S/C20H30N2O2S/c1-16-7-5-6-10-20(16)25(23,24)22-12-11-19-18(15-22)14-21(19)13-17-8-3-2-4-9-17/h5-7,10,17-19H,2-4,8-9,11-15H2,1H3/t18-,19+/m0/s1. The van der Waals surface area contributed by atoms with Gasteiger partial charge in [-0.15, -0.1) is 0 Å². The Bertz CT molecular complexity index is 712. The number of nitrogens with zero attached hydrogens (tertiary/aromatic N) is 2. The van der Waals surface area contributed by atoms with E-state index >= 15 is 0 Å². The van der Waals surface area contributed by atoms with E-state index in [1.54, 1.807) is 10.4 Å². The lowest BCUT2D eigenvalue weighted by molar-refractivity contribution is -0.0369. The molecule has 0 N–H and O–H groups in total. The molecular weight excluding hydrogens is 332 g/mol. The number of rotatable bonds is 4. The normalized spacial score (nSPS) is 29.2. The van der Waals surface area contributed by atoms with Crippen LogP contribution in [0, 0.1) is 18.8 Å². The van der Waals surface area contributed by atoms with E-state index in [1.165, 1.54) is 38.6 Å². The zero-order chi connectivity index (χ0) is 17.4. The number of benzene rings is 1. The van der Waals surface area contributed by atoms with Crippen LogP contribution in [0.15, 0.2) is 29.2 Å². The second-order valence-corrected chi connectivity index (χ2v) is 10.1. The van der Waals surface area contributed by atoms with Crippen LogP contribution in [0.2, 0.25) is 0 Å². The van der Waals surface area contributed by atoms with Crippen molar-refractivity contribution in [3.8, 4) is 0 Å². The molecule has 0 spiro atoms. The fourth-order valence-electron chi connectivity index (χ4n) is 5.06. The van der Waals surface area contributed by atoms with E-state index in [0.717, 1.165) is 24.4 Å². The summed E-state index contributed by atoms with van der Waals surface area (Å²) in [6.07, 6.45) is 7.98. The molecule has 0 bridgehead atoms. The maximum Gasteiger partial charge on any atom is 0.243 e. The predicted molar refractivity (Wildman–Crippen MR) is 100.0 cm³/mol. The van der Waals surface area contributed by atoms with E-state index in [-0.39, 0.29) is 0 Å². The summed E-state index contributed by atoms with van der Waals surface area (Å²) in [5.74, 6) is 1.40. The molecule has 3 fully saturated rings. The Labute approximate surface area is 152 Å². The lowest BCUT2D eigenvalue weighted by atomic mass is 9.81. The second-order valence-electron chi connectivity index (χ2n) is 8.20. The van der Waals surface area contributed by atoms with Gasteiger partial charge in [-0.05, 0) is 43.7 Å². The third-order valence-electron chi connectivity index (χ3n) is 6.52.